The van der Waals surface area contributed by atoms with Gasteiger partial charge in [0.15, 0.2) is 0 Å². The van der Waals surface area contributed by atoms with Crippen LogP contribution in [0, 0.1) is 5.92 Å². The molecule has 20 heavy (non-hydrogen) atoms. The molecule has 0 radical (unpaired) electrons. The van der Waals surface area contributed by atoms with Crippen molar-refractivity contribution in [3.63, 3.8) is 0 Å². The molecule has 2 saturated heterocycles. The van der Waals surface area contributed by atoms with E-state index in [1.54, 1.807) is 0 Å². The van der Waals surface area contributed by atoms with Crippen LogP contribution < -0.4 is 0 Å². The van der Waals surface area contributed by atoms with Crippen molar-refractivity contribution in [2.45, 2.75) is 51.1 Å². The largest absolute Gasteiger partial charge is 0.465 e. The first-order valence-corrected chi connectivity index (χ1v) is 7.72. The lowest BCUT2D eigenvalue weighted by Gasteiger charge is -2.37. The molecule has 2 heterocycles. The Hall–Kier alpha value is -0.575. The summed E-state index contributed by atoms with van der Waals surface area (Å²) in [4.78, 5) is 2.39. The topological polar surface area (TPSA) is 21.7 Å². The van der Waals surface area contributed by atoms with Crippen molar-refractivity contribution in [1.82, 2.24) is 4.90 Å². The van der Waals surface area contributed by atoms with Crippen LogP contribution in [0.2, 0.25) is 5.82 Å². The Morgan fingerprint density at radius 3 is 2.50 bits per heavy atom. The minimum Gasteiger partial charge on any atom is -0.403 e. The van der Waals surface area contributed by atoms with E-state index < -0.39 is 0 Å². The van der Waals surface area contributed by atoms with Crippen LogP contribution in [-0.2, 0) is 9.31 Å². The zero-order valence-corrected chi connectivity index (χ0v) is 13.3. The first-order valence-electron chi connectivity index (χ1n) is 7.72. The van der Waals surface area contributed by atoms with Crippen molar-refractivity contribution in [2.24, 2.45) is 5.92 Å². The van der Waals surface area contributed by atoms with Gasteiger partial charge in [-0.3, -0.25) is 0 Å². The zero-order valence-electron chi connectivity index (χ0n) is 13.3. The molecule has 2 unspecified atom stereocenters. The van der Waals surface area contributed by atoms with Crippen molar-refractivity contribution in [3.8, 4) is 0 Å². The number of hydrogen-bond donors (Lipinski definition) is 0. The lowest BCUT2D eigenvalue weighted by Crippen LogP contribution is -2.41. The molecule has 0 saturated carbocycles. The Bertz CT molecular complexity index is 439. The zero-order chi connectivity index (χ0) is 14.5. The van der Waals surface area contributed by atoms with Gasteiger partial charge in [0.2, 0.25) is 0 Å². The van der Waals surface area contributed by atoms with Gasteiger partial charge in [0.1, 0.15) is 0 Å². The molecule has 0 aromatic rings. The van der Waals surface area contributed by atoms with E-state index in [-0.39, 0.29) is 18.3 Å². The molecule has 3 aliphatic rings. The van der Waals surface area contributed by atoms with Crippen molar-refractivity contribution < 1.29 is 9.31 Å². The highest BCUT2D eigenvalue weighted by Gasteiger charge is 2.55. The average molecular weight is 275 g/mol. The number of piperidine rings is 1. The minimum atomic E-state index is -0.238. The third kappa shape index (κ3) is 2.28. The Morgan fingerprint density at radius 1 is 1.20 bits per heavy atom. The molecule has 0 bridgehead atoms. The van der Waals surface area contributed by atoms with E-state index in [0.29, 0.717) is 11.7 Å². The number of likely N-dealkylation sites (N-methyl/N-ethyl adjacent to an activating group) is 1. The van der Waals surface area contributed by atoms with Crippen LogP contribution in [0.25, 0.3) is 0 Å². The summed E-state index contributed by atoms with van der Waals surface area (Å²) in [6.45, 7) is 10.8. The number of likely N-dealkylation sites (tertiary alicyclic amines) is 1. The second-order valence-electron chi connectivity index (χ2n) is 7.46. The van der Waals surface area contributed by atoms with Crippen LogP contribution >= 0.6 is 0 Å². The molecule has 3 rings (SSSR count). The lowest BCUT2D eigenvalue weighted by molar-refractivity contribution is 0.00578. The highest BCUT2D eigenvalue weighted by molar-refractivity contribution is 6.48. The normalized spacial score (nSPS) is 35.9. The van der Waals surface area contributed by atoms with Crippen molar-refractivity contribution in [2.75, 3.05) is 20.1 Å². The van der Waals surface area contributed by atoms with E-state index in [4.69, 9.17) is 9.31 Å². The Balaban J connectivity index is 1.79. The maximum atomic E-state index is 6.27. The predicted octanol–water partition coefficient (Wildman–Crippen LogP) is 2.90. The number of nitrogens with zero attached hydrogens (tertiary/aromatic N) is 1. The summed E-state index contributed by atoms with van der Waals surface area (Å²) < 4.78 is 12.5. The Labute approximate surface area is 123 Å². The van der Waals surface area contributed by atoms with Gasteiger partial charge in [-0.1, -0.05) is 23.8 Å². The first-order chi connectivity index (χ1) is 9.30. The molecule has 2 aliphatic heterocycles. The van der Waals surface area contributed by atoms with Crippen LogP contribution in [0.4, 0.5) is 0 Å². The number of hydrogen-bond acceptors (Lipinski definition) is 3. The second kappa shape index (κ2) is 4.72. The fourth-order valence-corrected chi connectivity index (χ4v) is 3.44. The van der Waals surface area contributed by atoms with Gasteiger partial charge >= 0.3 is 7.12 Å². The molecular formula is C16H26BNO2. The van der Waals surface area contributed by atoms with Crippen molar-refractivity contribution >= 4 is 7.12 Å². The maximum absolute atomic E-state index is 6.27. The van der Waals surface area contributed by atoms with Crippen molar-refractivity contribution in [3.05, 3.63) is 23.8 Å². The summed E-state index contributed by atoms with van der Waals surface area (Å²) in [5, 5.41) is 0. The van der Waals surface area contributed by atoms with Gasteiger partial charge in [-0.2, -0.15) is 0 Å². The average Bonchev–Trinajstić information content (AvgIpc) is 2.57. The van der Waals surface area contributed by atoms with Gasteiger partial charge in [-0.15, -0.1) is 0 Å². The fourth-order valence-electron chi connectivity index (χ4n) is 3.44. The van der Waals surface area contributed by atoms with Gasteiger partial charge in [-0.05, 0) is 53.6 Å². The van der Waals surface area contributed by atoms with E-state index in [0.717, 1.165) is 13.1 Å². The van der Waals surface area contributed by atoms with Gasteiger partial charge in [0.05, 0.1) is 11.2 Å². The molecule has 0 N–H and O–H groups in total. The summed E-state index contributed by atoms with van der Waals surface area (Å²) in [7, 11) is 2.08. The summed E-state index contributed by atoms with van der Waals surface area (Å²) in [5.74, 6) is 0.927. The SMILES string of the molecule is CN1CCC2C(=CC=CC2B2OC(C)(C)C(C)(C)O2)C1. The molecule has 0 amide bonds. The fraction of sp³-hybridized carbons (Fsp3) is 0.750. The summed E-state index contributed by atoms with van der Waals surface area (Å²) in [6, 6.07) is 0. The molecule has 3 nitrogen and oxygen atoms in total. The number of rotatable bonds is 1. The van der Waals surface area contributed by atoms with Crippen LogP contribution in [0.1, 0.15) is 34.1 Å². The predicted molar refractivity (Wildman–Crippen MR) is 82.7 cm³/mol. The number of fused-ring (bicyclic) bond motifs is 1. The van der Waals surface area contributed by atoms with Crippen LogP contribution in [-0.4, -0.2) is 43.4 Å². The quantitative estimate of drug-likeness (QED) is 0.687. The summed E-state index contributed by atoms with van der Waals surface area (Å²) >= 11 is 0. The highest BCUT2D eigenvalue weighted by atomic mass is 16.7. The Kier molecular flexibility index (Phi) is 3.39. The van der Waals surface area contributed by atoms with E-state index in [1.807, 2.05) is 0 Å². The maximum Gasteiger partial charge on any atom is 0.465 e. The number of allylic oxidation sites excluding steroid dienone is 3. The van der Waals surface area contributed by atoms with Gasteiger partial charge in [0, 0.05) is 12.4 Å². The molecule has 1 aliphatic carbocycles. The molecular weight excluding hydrogens is 249 g/mol. The molecule has 4 heteroatoms. The van der Waals surface area contributed by atoms with E-state index in [2.05, 4.69) is 57.9 Å². The molecule has 2 atom stereocenters. The summed E-state index contributed by atoms with van der Waals surface area (Å²) in [5.41, 5.74) is 1.05. The minimum absolute atomic E-state index is 0.117. The van der Waals surface area contributed by atoms with Crippen LogP contribution in [0.3, 0.4) is 0 Å². The van der Waals surface area contributed by atoms with Gasteiger partial charge in [0.25, 0.3) is 0 Å². The smallest absolute Gasteiger partial charge is 0.403 e. The van der Waals surface area contributed by atoms with E-state index in [9.17, 15) is 0 Å². The first kappa shape index (κ1) is 14.4. The van der Waals surface area contributed by atoms with Crippen LogP contribution in [0.15, 0.2) is 23.8 Å². The molecule has 2 fully saturated rings. The second-order valence-corrected chi connectivity index (χ2v) is 7.46. The van der Waals surface area contributed by atoms with Gasteiger partial charge < -0.3 is 14.2 Å². The monoisotopic (exact) mass is 275 g/mol. The highest BCUT2D eigenvalue weighted by Crippen LogP contribution is 2.46. The molecule has 110 valence electrons. The van der Waals surface area contributed by atoms with Gasteiger partial charge in [-0.25, -0.2) is 0 Å². The standard InChI is InChI=1S/C16H26BNO2/c1-15(2)16(3,4)20-17(19-15)14-8-6-7-12-11-18(5)10-9-13(12)14/h6-8,13-14H,9-11H2,1-5H3. The summed E-state index contributed by atoms with van der Waals surface area (Å²) in [6.07, 6.45) is 7.94. The van der Waals surface area contributed by atoms with Crippen molar-refractivity contribution in [1.29, 1.82) is 0 Å². The third-order valence-electron chi connectivity index (χ3n) is 5.44. The van der Waals surface area contributed by atoms with E-state index >= 15 is 0 Å². The molecule has 0 aromatic heterocycles. The van der Waals surface area contributed by atoms with Crippen LogP contribution in [0.5, 0.6) is 0 Å². The lowest BCUT2D eigenvalue weighted by atomic mass is 9.59. The third-order valence-corrected chi connectivity index (χ3v) is 5.44. The van der Waals surface area contributed by atoms with E-state index in [1.165, 1.54) is 12.0 Å². The Morgan fingerprint density at radius 2 is 1.85 bits per heavy atom. The molecule has 0 aromatic carbocycles. The molecule has 0 spiro atoms.